The number of aromatic nitrogens is 1. The molecule has 0 spiro atoms. The first-order valence-corrected chi connectivity index (χ1v) is 11.0. The highest BCUT2D eigenvalue weighted by molar-refractivity contribution is 5.87. The number of para-hydroxylation sites is 1. The van der Waals surface area contributed by atoms with Crippen molar-refractivity contribution in [1.29, 1.82) is 0 Å². The van der Waals surface area contributed by atoms with Gasteiger partial charge >= 0.3 is 0 Å². The van der Waals surface area contributed by atoms with Crippen molar-refractivity contribution < 1.29 is 9.53 Å². The number of piperidine rings is 1. The number of carbonyl (C=O) groups excluding carboxylic acids is 1. The second kappa shape index (κ2) is 7.92. The molecular weight excluding hydrogens is 364 g/mol. The van der Waals surface area contributed by atoms with E-state index in [-0.39, 0.29) is 23.6 Å². The lowest BCUT2D eigenvalue weighted by molar-refractivity contribution is -0.134. The van der Waals surface area contributed by atoms with Gasteiger partial charge in [0.15, 0.2) is 0 Å². The summed E-state index contributed by atoms with van der Waals surface area (Å²) in [5.41, 5.74) is 0.614. The predicted molar refractivity (Wildman–Crippen MR) is 114 cm³/mol. The summed E-state index contributed by atoms with van der Waals surface area (Å²) < 4.78 is 5.69. The maximum atomic E-state index is 13.3. The number of nitrogens with one attached hydrogen (secondary N) is 2. The monoisotopic (exact) mass is 394 g/mol. The normalized spacial score (nSPS) is 29.7. The van der Waals surface area contributed by atoms with Gasteiger partial charge in [0.05, 0.1) is 11.6 Å². The van der Waals surface area contributed by atoms with Gasteiger partial charge in [0.2, 0.25) is 5.91 Å². The SMILES string of the molecule is O=C(NC[C@@H]1CCCO1)[C@@]12CCCCN1C[C@@H](Nc1ccc3ccccc3n1)C2. The molecule has 0 aliphatic carbocycles. The largest absolute Gasteiger partial charge is 0.376 e. The molecule has 6 nitrogen and oxygen atoms in total. The fourth-order valence-corrected chi connectivity index (χ4v) is 5.31. The van der Waals surface area contributed by atoms with Crippen molar-refractivity contribution in [3.05, 3.63) is 36.4 Å². The van der Waals surface area contributed by atoms with Gasteiger partial charge < -0.3 is 15.4 Å². The van der Waals surface area contributed by atoms with Gasteiger partial charge in [0, 0.05) is 31.1 Å². The quantitative estimate of drug-likeness (QED) is 0.816. The standard InChI is InChI=1S/C23H30N4O2/c28-22(24-15-19-7-5-13-29-19)23-11-3-4-12-27(23)16-18(14-23)25-21-10-9-17-6-1-2-8-20(17)26-21/h1-2,6,8-10,18-19H,3-5,7,11-16H2,(H,24,28)(H,25,26)/t18-,19-,23-/m0/s1. The zero-order valence-corrected chi connectivity index (χ0v) is 16.9. The third-order valence-electron chi connectivity index (χ3n) is 6.79. The third kappa shape index (κ3) is 3.71. The van der Waals surface area contributed by atoms with Gasteiger partial charge in [-0.1, -0.05) is 18.2 Å². The Morgan fingerprint density at radius 3 is 3.03 bits per heavy atom. The lowest BCUT2D eigenvalue weighted by Crippen LogP contribution is -2.58. The van der Waals surface area contributed by atoms with Crippen LogP contribution in [0.3, 0.4) is 0 Å². The smallest absolute Gasteiger partial charge is 0.240 e. The van der Waals surface area contributed by atoms with Crippen LogP contribution in [0.5, 0.6) is 0 Å². The summed E-state index contributed by atoms with van der Waals surface area (Å²) in [6.07, 6.45) is 6.39. The van der Waals surface area contributed by atoms with E-state index in [4.69, 9.17) is 9.72 Å². The summed E-state index contributed by atoms with van der Waals surface area (Å²) in [5.74, 6) is 1.08. The molecule has 0 unspecified atom stereocenters. The molecule has 29 heavy (non-hydrogen) atoms. The van der Waals surface area contributed by atoms with Crippen LogP contribution in [0.1, 0.15) is 38.5 Å². The molecule has 3 aliphatic heterocycles. The minimum atomic E-state index is -0.384. The molecule has 3 saturated heterocycles. The first-order valence-electron chi connectivity index (χ1n) is 11.0. The Balaban J connectivity index is 1.29. The van der Waals surface area contributed by atoms with E-state index in [1.165, 1.54) is 6.42 Å². The number of carbonyl (C=O) groups is 1. The van der Waals surface area contributed by atoms with E-state index >= 15 is 0 Å². The summed E-state index contributed by atoms with van der Waals surface area (Å²) in [4.78, 5) is 20.4. The Kier molecular flexibility index (Phi) is 5.14. The average molecular weight is 395 g/mol. The maximum absolute atomic E-state index is 13.3. The summed E-state index contributed by atoms with van der Waals surface area (Å²) >= 11 is 0. The molecule has 2 N–H and O–H groups in total. The Morgan fingerprint density at radius 2 is 2.14 bits per heavy atom. The van der Waals surface area contributed by atoms with Crippen LogP contribution >= 0.6 is 0 Å². The molecule has 5 rings (SSSR count). The number of pyridine rings is 1. The Hall–Kier alpha value is -2.18. The van der Waals surface area contributed by atoms with Gasteiger partial charge in [-0.25, -0.2) is 4.98 Å². The van der Waals surface area contributed by atoms with Crippen molar-refractivity contribution in [3.63, 3.8) is 0 Å². The number of hydrogen-bond acceptors (Lipinski definition) is 5. The van der Waals surface area contributed by atoms with Crippen LogP contribution in [0, 0.1) is 0 Å². The summed E-state index contributed by atoms with van der Waals surface area (Å²) in [6.45, 7) is 3.35. The molecule has 3 aliphatic rings. The maximum Gasteiger partial charge on any atom is 0.240 e. The molecule has 1 amide bonds. The van der Waals surface area contributed by atoms with Crippen LogP contribution in [0.4, 0.5) is 5.82 Å². The fraction of sp³-hybridized carbons (Fsp3) is 0.565. The Bertz CT molecular complexity index is 882. The van der Waals surface area contributed by atoms with E-state index < -0.39 is 0 Å². The van der Waals surface area contributed by atoms with Crippen LogP contribution in [-0.2, 0) is 9.53 Å². The molecule has 0 saturated carbocycles. The number of hydrogen-bond donors (Lipinski definition) is 2. The molecule has 0 bridgehead atoms. The van der Waals surface area contributed by atoms with E-state index in [0.29, 0.717) is 6.54 Å². The predicted octanol–water partition coefficient (Wildman–Crippen LogP) is 2.94. The minimum Gasteiger partial charge on any atom is -0.376 e. The molecular formula is C23H30N4O2. The molecule has 1 aromatic carbocycles. The van der Waals surface area contributed by atoms with Crippen LogP contribution in [0.2, 0.25) is 0 Å². The number of amides is 1. The molecule has 4 heterocycles. The zero-order valence-electron chi connectivity index (χ0n) is 16.9. The molecule has 3 atom stereocenters. The Labute approximate surface area is 172 Å². The summed E-state index contributed by atoms with van der Waals surface area (Å²) in [5, 5.41) is 7.97. The summed E-state index contributed by atoms with van der Waals surface area (Å²) in [7, 11) is 0. The molecule has 6 heteroatoms. The van der Waals surface area contributed by atoms with Crippen molar-refractivity contribution in [1.82, 2.24) is 15.2 Å². The second-order valence-electron chi connectivity index (χ2n) is 8.71. The van der Waals surface area contributed by atoms with Gasteiger partial charge in [-0.3, -0.25) is 9.69 Å². The number of fused-ring (bicyclic) bond motifs is 2. The van der Waals surface area contributed by atoms with E-state index in [2.05, 4.69) is 27.7 Å². The first kappa shape index (κ1) is 18.8. The van der Waals surface area contributed by atoms with E-state index in [1.54, 1.807) is 0 Å². The van der Waals surface area contributed by atoms with Crippen LogP contribution in [0.15, 0.2) is 36.4 Å². The lowest BCUT2D eigenvalue weighted by atomic mass is 9.84. The van der Waals surface area contributed by atoms with Gasteiger partial charge in [0.1, 0.15) is 11.4 Å². The Morgan fingerprint density at radius 1 is 1.21 bits per heavy atom. The zero-order chi connectivity index (χ0) is 19.7. The van der Waals surface area contributed by atoms with Crippen molar-refractivity contribution in [2.75, 3.05) is 31.6 Å². The second-order valence-corrected chi connectivity index (χ2v) is 8.71. The number of nitrogens with zero attached hydrogens (tertiary/aromatic N) is 2. The van der Waals surface area contributed by atoms with Crippen LogP contribution < -0.4 is 10.6 Å². The summed E-state index contributed by atoms with van der Waals surface area (Å²) in [6, 6.07) is 12.6. The lowest BCUT2D eigenvalue weighted by Gasteiger charge is -2.40. The van der Waals surface area contributed by atoms with Crippen LogP contribution in [-0.4, -0.2) is 59.7 Å². The molecule has 2 aromatic rings. The molecule has 154 valence electrons. The highest BCUT2D eigenvalue weighted by Gasteiger charge is 2.52. The number of ether oxygens (including phenoxy) is 1. The van der Waals surface area contributed by atoms with Crippen molar-refractivity contribution in [2.24, 2.45) is 0 Å². The molecule has 1 aromatic heterocycles. The first-order chi connectivity index (χ1) is 14.2. The fourth-order valence-electron chi connectivity index (χ4n) is 5.31. The van der Waals surface area contributed by atoms with Crippen molar-refractivity contribution >= 4 is 22.6 Å². The molecule has 0 radical (unpaired) electrons. The number of benzene rings is 1. The number of anilines is 1. The van der Waals surface area contributed by atoms with Gasteiger partial charge in [-0.05, 0) is 63.3 Å². The van der Waals surface area contributed by atoms with Gasteiger partial charge in [0.25, 0.3) is 0 Å². The van der Waals surface area contributed by atoms with E-state index in [1.807, 2.05) is 24.3 Å². The minimum absolute atomic E-state index is 0.184. The highest BCUT2D eigenvalue weighted by atomic mass is 16.5. The highest BCUT2D eigenvalue weighted by Crippen LogP contribution is 2.39. The average Bonchev–Trinajstić information content (AvgIpc) is 3.39. The van der Waals surface area contributed by atoms with Crippen LogP contribution in [0.25, 0.3) is 10.9 Å². The third-order valence-corrected chi connectivity index (χ3v) is 6.79. The van der Waals surface area contributed by atoms with Crippen molar-refractivity contribution in [3.8, 4) is 0 Å². The van der Waals surface area contributed by atoms with Gasteiger partial charge in [-0.2, -0.15) is 0 Å². The van der Waals surface area contributed by atoms with E-state index in [9.17, 15) is 4.79 Å². The topological polar surface area (TPSA) is 66.5 Å². The van der Waals surface area contributed by atoms with Gasteiger partial charge in [-0.15, -0.1) is 0 Å². The number of rotatable bonds is 5. The van der Waals surface area contributed by atoms with E-state index in [0.717, 1.165) is 68.5 Å². The van der Waals surface area contributed by atoms with Crippen molar-refractivity contribution in [2.45, 2.75) is 56.2 Å². The molecule has 3 fully saturated rings.